The molecule has 0 N–H and O–H groups in total. The number of halogens is 4. The molecule has 0 atom stereocenters. The van der Waals surface area contributed by atoms with Crippen molar-refractivity contribution in [3.05, 3.63) is 0 Å². The largest absolute Gasteiger partial charge is 0.107 e. The maximum absolute atomic E-state index is 0. The zero-order chi connectivity index (χ0) is 0. The van der Waals surface area contributed by atoms with Gasteiger partial charge in [-0.25, -0.2) is 0 Å². The number of hydrogen-bond acceptors (Lipinski definition) is 0. The van der Waals surface area contributed by atoms with Crippen LogP contribution in [0.5, 0.6) is 0 Å². The molecule has 0 amide bonds. The molecule has 0 aliphatic heterocycles. The third-order valence-corrected chi connectivity index (χ3v) is 0. The zero-order valence-corrected chi connectivity index (χ0v) is 16.4. The van der Waals surface area contributed by atoms with E-state index in [-0.39, 0.29) is 143 Å². The van der Waals surface area contributed by atoms with Gasteiger partial charge in [-0.05, 0) is 0 Å². The fourth-order valence-electron chi connectivity index (χ4n) is 0. The Bertz CT molecular complexity index is 5.51. The van der Waals surface area contributed by atoms with Crippen LogP contribution in [0.4, 0.5) is 0 Å². The van der Waals surface area contributed by atoms with E-state index in [1.807, 2.05) is 0 Å². The minimum Gasteiger partial charge on any atom is -0.107 e. The summed E-state index contributed by atoms with van der Waals surface area (Å²) < 4.78 is 0. The number of rotatable bonds is 0. The van der Waals surface area contributed by atoms with Gasteiger partial charge in [-0.15, -0.1) is 95.9 Å². The molecule has 0 spiro atoms. The first-order valence-electron chi connectivity index (χ1n) is 0. The summed E-state index contributed by atoms with van der Waals surface area (Å²) in [5.41, 5.74) is 0. The minimum atomic E-state index is 0. The van der Waals surface area contributed by atoms with Crippen molar-refractivity contribution in [3.63, 3.8) is 0 Å². The van der Waals surface area contributed by atoms with Gasteiger partial charge in [0.25, 0.3) is 0 Å². The molecule has 0 aliphatic rings. The summed E-state index contributed by atoms with van der Waals surface area (Å²) in [6.07, 6.45) is 0. The molecular weight excluding hydrogens is 763 g/mol. The molecule has 6 heavy (non-hydrogen) atoms. The first kappa shape index (κ1) is 46.8. The molecule has 4 radical (unpaired) electrons. The second-order valence-electron chi connectivity index (χ2n) is 0. The van der Waals surface area contributed by atoms with Crippen LogP contribution < -0.4 is 0 Å². The van der Waals surface area contributed by atoms with Gasteiger partial charge in [0.15, 0.2) is 0 Å². The summed E-state index contributed by atoms with van der Waals surface area (Å²) in [5, 5.41) is 0. The van der Waals surface area contributed by atoms with E-state index in [1.165, 1.54) is 0 Å². The Morgan fingerprint density at radius 1 is 0.333 bits per heavy atom. The molecule has 0 rings (SSSR count). The Hall–Kier alpha value is 4.50. The average molecular weight is 767 g/mol. The molecule has 0 nitrogen and oxygen atoms in total. The van der Waals surface area contributed by atoms with Gasteiger partial charge < -0.3 is 0 Å². The van der Waals surface area contributed by atoms with Crippen molar-refractivity contribution >= 4 is 143 Å². The summed E-state index contributed by atoms with van der Waals surface area (Å²) in [4.78, 5) is 0. The summed E-state index contributed by atoms with van der Waals surface area (Å²) in [6, 6.07) is 0. The molecule has 0 aromatic heterocycles. The van der Waals surface area contributed by atoms with Crippen molar-refractivity contribution in [1.82, 2.24) is 0 Å². The van der Waals surface area contributed by atoms with E-state index in [2.05, 4.69) is 0 Å². The van der Waals surface area contributed by atoms with Gasteiger partial charge in [-0.1, -0.05) is 0 Å². The maximum atomic E-state index is 0. The Morgan fingerprint density at radius 2 is 0.333 bits per heavy atom. The third kappa shape index (κ3) is 23.6. The van der Waals surface area contributed by atoms with E-state index in [9.17, 15) is 0 Å². The fraction of sp³-hybridized carbons (Fsp3) is 0. The molecular formula is H4I4Te2. The first-order valence-corrected chi connectivity index (χ1v) is 0. The number of hydrogen-bond donors (Lipinski definition) is 0. The predicted octanol–water partition coefficient (Wildman–Crippen LogP) is 1.71. The van der Waals surface area contributed by atoms with Crippen LogP contribution in [0, 0.1) is 0 Å². The summed E-state index contributed by atoms with van der Waals surface area (Å²) in [6.45, 7) is 0. The second kappa shape index (κ2) is 33.9. The molecule has 0 saturated carbocycles. The molecule has 0 unspecified atom stereocenters. The van der Waals surface area contributed by atoms with Crippen LogP contribution in [0.15, 0.2) is 0 Å². The van der Waals surface area contributed by atoms with E-state index in [0.717, 1.165) is 0 Å². The summed E-state index contributed by atoms with van der Waals surface area (Å²) >= 11 is 0. The van der Waals surface area contributed by atoms with Crippen molar-refractivity contribution in [2.24, 2.45) is 0 Å². The van der Waals surface area contributed by atoms with E-state index < -0.39 is 0 Å². The van der Waals surface area contributed by atoms with Crippen LogP contribution in [-0.2, 0) is 0 Å². The Kier molecular flexibility index (Phi) is 264. The minimum absolute atomic E-state index is 0. The third-order valence-electron chi connectivity index (χ3n) is 0. The normalized spacial score (nSPS) is 0. The van der Waals surface area contributed by atoms with Crippen LogP contribution >= 0.6 is 95.9 Å². The van der Waals surface area contributed by atoms with Crippen molar-refractivity contribution in [2.75, 3.05) is 0 Å². The molecule has 44 valence electrons. The summed E-state index contributed by atoms with van der Waals surface area (Å²) in [5.74, 6) is 0. The van der Waals surface area contributed by atoms with Crippen molar-refractivity contribution in [3.8, 4) is 0 Å². The fourth-order valence-corrected chi connectivity index (χ4v) is 0. The zero-order valence-electron chi connectivity index (χ0n) is 2.45. The van der Waals surface area contributed by atoms with Gasteiger partial charge in [0, 0.05) is 47.3 Å². The molecule has 0 saturated heterocycles. The molecule has 0 aromatic carbocycles. The molecule has 0 aromatic rings. The van der Waals surface area contributed by atoms with Crippen LogP contribution in [0.25, 0.3) is 0 Å². The van der Waals surface area contributed by atoms with Gasteiger partial charge in [-0.3, -0.25) is 0 Å². The van der Waals surface area contributed by atoms with Crippen molar-refractivity contribution in [1.29, 1.82) is 0 Å². The topological polar surface area (TPSA) is 0 Å². The van der Waals surface area contributed by atoms with Gasteiger partial charge in [-0.2, -0.15) is 0 Å². The van der Waals surface area contributed by atoms with Crippen LogP contribution in [0.1, 0.15) is 0 Å². The Morgan fingerprint density at radius 3 is 0.333 bits per heavy atom. The second-order valence-corrected chi connectivity index (χ2v) is 0. The smallest absolute Gasteiger partial charge is 0 e. The monoisotopic (exact) mass is 771 g/mol. The van der Waals surface area contributed by atoms with Gasteiger partial charge in [0.1, 0.15) is 0 Å². The van der Waals surface area contributed by atoms with E-state index in [4.69, 9.17) is 0 Å². The molecule has 0 heterocycles. The first-order chi connectivity index (χ1) is 0. The molecule has 6 heteroatoms. The molecule has 0 bridgehead atoms. The van der Waals surface area contributed by atoms with Gasteiger partial charge in [0.2, 0.25) is 0 Å². The maximum Gasteiger partial charge on any atom is 0 e. The Labute approximate surface area is 140 Å². The van der Waals surface area contributed by atoms with E-state index in [1.54, 1.807) is 0 Å². The van der Waals surface area contributed by atoms with Crippen LogP contribution in [0.3, 0.4) is 0 Å². The molecule has 0 aliphatic carbocycles. The predicted molar refractivity (Wildman–Crippen MR) is 73.2 cm³/mol. The van der Waals surface area contributed by atoms with Crippen LogP contribution in [-0.4, -0.2) is 47.3 Å². The Balaban J connectivity index is 0. The summed E-state index contributed by atoms with van der Waals surface area (Å²) in [7, 11) is 0. The average Bonchev–Trinajstić information content (AvgIpc) is 0. The van der Waals surface area contributed by atoms with Crippen molar-refractivity contribution < 1.29 is 0 Å². The van der Waals surface area contributed by atoms with Gasteiger partial charge in [0.05, 0.1) is 0 Å². The van der Waals surface area contributed by atoms with Crippen LogP contribution in [0.2, 0.25) is 0 Å². The van der Waals surface area contributed by atoms with E-state index in [0.29, 0.717) is 0 Å². The molecule has 0 fully saturated rings. The quantitative estimate of drug-likeness (QED) is 0.261. The van der Waals surface area contributed by atoms with E-state index >= 15 is 0 Å². The van der Waals surface area contributed by atoms with Gasteiger partial charge >= 0.3 is 0 Å². The SMILES string of the molecule is I.I.I.I.[Te].[Te]. The standard InChI is InChI=1S/4HI.2Te/h4*1H;;. The van der Waals surface area contributed by atoms with Crippen molar-refractivity contribution in [2.45, 2.75) is 0 Å².